The average molecular weight is 893 g/mol. The van der Waals surface area contributed by atoms with Gasteiger partial charge in [-0.2, -0.15) is 0 Å². The fraction of sp³-hybridized carbons (Fsp3) is 0.763. The summed E-state index contributed by atoms with van der Waals surface area (Å²) < 4.78 is 17.4. The molecular weight excluding hydrogens is 789 g/mol. The molecule has 0 rings (SSSR count). The number of hydrogen-bond acceptors (Lipinski definition) is 5. The van der Waals surface area contributed by atoms with E-state index in [1.54, 1.807) is 0 Å². The Hall–Kier alpha value is -2.66. The van der Waals surface area contributed by atoms with Crippen LogP contribution in [0.2, 0.25) is 0 Å². The summed E-state index contributed by atoms with van der Waals surface area (Å²) in [4.78, 5) is 25.5. The molecule has 0 fully saturated rings. The zero-order valence-corrected chi connectivity index (χ0v) is 42.5. The first-order valence-corrected chi connectivity index (χ1v) is 27.5. The molecule has 0 spiro atoms. The molecule has 0 N–H and O–H groups in total. The van der Waals surface area contributed by atoms with E-state index < -0.39 is 6.10 Å². The maximum Gasteiger partial charge on any atom is 0.306 e. The van der Waals surface area contributed by atoms with Crippen molar-refractivity contribution < 1.29 is 23.8 Å². The number of rotatable bonds is 50. The Morgan fingerprint density at radius 3 is 1.09 bits per heavy atom. The highest BCUT2D eigenvalue weighted by Crippen LogP contribution is 2.14. The van der Waals surface area contributed by atoms with E-state index in [1.165, 1.54) is 148 Å². The second kappa shape index (κ2) is 54.7. The predicted octanol–water partition coefficient (Wildman–Crippen LogP) is 18.7. The molecule has 1 unspecified atom stereocenters. The van der Waals surface area contributed by atoms with Crippen LogP contribution in [-0.4, -0.2) is 37.9 Å². The van der Waals surface area contributed by atoms with Gasteiger partial charge in [-0.25, -0.2) is 0 Å². The third-order valence-corrected chi connectivity index (χ3v) is 11.7. The lowest BCUT2D eigenvalue weighted by Gasteiger charge is -2.18. The molecule has 0 saturated heterocycles. The van der Waals surface area contributed by atoms with Crippen LogP contribution in [0.25, 0.3) is 0 Å². The summed E-state index contributed by atoms with van der Waals surface area (Å²) in [7, 11) is 0. The van der Waals surface area contributed by atoms with Gasteiger partial charge in [-0.3, -0.25) is 9.59 Å². The summed E-state index contributed by atoms with van der Waals surface area (Å²) in [6, 6.07) is 0. The molecule has 0 aliphatic heterocycles. The van der Waals surface area contributed by atoms with Gasteiger partial charge in [0.2, 0.25) is 0 Å². The van der Waals surface area contributed by atoms with Crippen LogP contribution in [0.5, 0.6) is 0 Å². The van der Waals surface area contributed by atoms with Gasteiger partial charge >= 0.3 is 11.9 Å². The van der Waals surface area contributed by atoms with Gasteiger partial charge in [-0.05, 0) is 116 Å². The maximum atomic E-state index is 12.8. The molecule has 0 aliphatic carbocycles. The third-order valence-electron chi connectivity index (χ3n) is 11.7. The molecule has 0 amide bonds. The lowest BCUT2D eigenvalue weighted by Crippen LogP contribution is -2.30. The summed E-state index contributed by atoms with van der Waals surface area (Å²) in [5.41, 5.74) is 0. The van der Waals surface area contributed by atoms with Crippen molar-refractivity contribution in [2.45, 2.75) is 271 Å². The summed E-state index contributed by atoms with van der Waals surface area (Å²) in [5.74, 6) is -0.426. The molecule has 5 heteroatoms. The van der Waals surface area contributed by atoms with Gasteiger partial charge in [0.05, 0.1) is 6.61 Å². The third kappa shape index (κ3) is 52.0. The minimum atomic E-state index is -0.554. The van der Waals surface area contributed by atoms with Gasteiger partial charge in [0.25, 0.3) is 0 Å². The molecule has 0 aliphatic rings. The van der Waals surface area contributed by atoms with Crippen LogP contribution >= 0.6 is 0 Å². The van der Waals surface area contributed by atoms with Crippen LogP contribution in [0.1, 0.15) is 265 Å². The zero-order valence-electron chi connectivity index (χ0n) is 42.5. The zero-order chi connectivity index (χ0) is 46.3. The number of esters is 2. The first-order valence-electron chi connectivity index (χ1n) is 27.5. The average Bonchev–Trinajstić information content (AvgIpc) is 3.30. The molecule has 370 valence electrons. The molecule has 0 radical (unpaired) electrons. The van der Waals surface area contributed by atoms with Crippen molar-refractivity contribution in [3.63, 3.8) is 0 Å². The largest absolute Gasteiger partial charge is 0.462 e. The number of carbonyl (C=O) groups is 2. The van der Waals surface area contributed by atoms with Crippen LogP contribution < -0.4 is 0 Å². The SMILES string of the molecule is CCCCC/C=C\C/C=C\C/C=C\CCCCCCCCC(=O)OCC(COCCCCCCCC/C=C\CCCCCC)OC(=O)CCCCCCC/C=C\C/C=C\CCCCC. The molecule has 0 heterocycles. The fourth-order valence-corrected chi connectivity index (χ4v) is 7.54. The Morgan fingerprint density at radius 1 is 0.344 bits per heavy atom. The Labute approximate surface area is 397 Å². The number of unbranched alkanes of at least 4 members (excludes halogenated alkanes) is 27. The molecule has 64 heavy (non-hydrogen) atoms. The monoisotopic (exact) mass is 893 g/mol. The minimum Gasteiger partial charge on any atom is -0.462 e. The summed E-state index contributed by atoms with van der Waals surface area (Å²) in [5, 5.41) is 0. The second-order valence-electron chi connectivity index (χ2n) is 18.1. The maximum absolute atomic E-state index is 12.8. The topological polar surface area (TPSA) is 61.8 Å². The highest BCUT2D eigenvalue weighted by molar-refractivity contribution is 5.70. The van der Waals surface area contributed by atoms with E-state index in [-0.39, 0.29) is 25.2 Å². The summed E-state index contributed by atoms with van der Waals surface area (Å²) >= 11 is 0. The van der Waals surface area contributed by atoms with E-state index in [1.807, 2.05) is 0 Å². The van der Waals surface area contributed by atoms with E-state index in [9.17, 15) is 9.59 Å². The normalized spacial score (nSPS) is 12.7. The number of carbonyl (C=O) groups excluding carboxylic acids is 2. The van der Waals surface area contributed by atoms with Gasteiger partial charge in [-0.15, -0.1) is 0 Å². The van der Waals surface area contributed by atoms with Crippen LogP contribution in [0.15, 0.2) is 72.9 Å². The molecule has 1 atom stereocenters. The Morgan fingerprint density at radius 2 is 0.656 bits per heavy atom. The lowest BCUT2D eigenvalue weighted by atomic mass is 10.1. The van der Waals surface area contributed by atoms with E-state index >= 15 is 0 Å². The Kier molecular flexibility index (Phi) is 52.4. The second-order valence-corrected chi connectivity index (χ2v) is 18.1. The fourth-order valence-electron chi connectivity index (χ4n) is 7.54. The standard InChI is InChI=1S/C59H104O5/c1-4-7-10-13-16-19-22-25-28-29-30-31-33-34-37-40-43-46-49-52-58(60)63-56-57(55-62-54-51-48-45-42-39-36-27-24-21-18-15-12-9-6-3)64-59(61)53-50-47-44-41-38-35-32-26-23-20-17-14-11-8-5-2/h16-17,19-21,24-26,28,30-32,57H,4-15,18,22-23,27,29,33-56H2,1-3H3/b19-16-,20-17-,24-21-,28-25-,31-30-,32-26-. The van der Waals surface area contributed by atoms with Crippen molar-refractivity contribution in [3.8, 4) is 0 Å². The number of allylic oxidation sites excluding steroid dienone is 12. The smallest absolute Gasteiger partial charge is 0.306 e. The van der Waals surface area contributed by atoms with Crippen molar-refractivity contribution >= 4 is 11.9 Å². The highest BCUT2D eigenvalue weighted by atomic mass is 16.6. The molecule has 0 bridgehead atoms. The molecule has 0 aromatic carbocycles. The van der Waals surface area contributed by atoms with Crippen LogP contribution in [-0.2, 0) is 23.8 Å². The van der Waals surface area contributed by atoms with Gasteiger partial charge in [0, 0.05) is 19.4 Å². The Bertz CT molecular complexity index is 1150. The predicted molar refractivity (Wildman–Crippen MR) is 279 cm³/mol. The van der Waals surface area contributed by atoms with Gasteiger partial charge in [0.1, 0.15) is 6.61 Å². The number of ether oxygens (including phenoxy) is 3. The van der Waals surface area contributed by atoms with Crippen molar-refractivity contribution in [3.05, 3.63) is 72.9 Å². The van der Waals surface area contributed by atoms with E-state index in [0.29, 0.717) is 19.4 Å². The number of hydrogen-bond donors (Lipinski definition) is 0. The summed E-state index contributed by atoms with van der Waals surface area (Å²) in [6.45, 7) is 7.74. The van der Waals surface area contributed by atoms with Crippen molar-refractivity contribution in [1.29, 1.82) is 0 Å². The van der Waals surface area contributed by atoms with Gasteiger partial charge < -0.3 is 14.2 Å². The van der Waals surface area contributed by atoms with Gasteiger partial charge in [-0.1, -0.05) is 209 Å². The van der Waals surface area contributed by atoms with E-state index in [2.05, 4.69) is 93.7 Å². The molecule has 0 aromatic heterocycles. The first kappa shape index (κ1) is 61.3. The Balaban J connectivity index is 4.31. The molecular formula is C59H104O5. The van der Waals surface area contributed by atoms with Crippen LogP contribution in [0, 0.1) is 0 Å². The van der Waals surface area contributed by atoms with Crippen molar-refractivity contribution in [1.82, 2.24) is 0 Å². The highest BCUT2D eigenvalue weighted by Gasteiger charge is 2.17. The van der Waals surface area contributed by atoms with Crippen LogP contribution in [0.4, 0.5) is 0 Å². The van der Waals surface area contributed by atoms with Crippen molar-refractivity contribution in [2.24, 2.45) is 0 Å². The van der Waals surface area contributed by atoms with E-state index in [4.69, 9.17) is 14.2 Å². The quantitative estimate of drug-likeness (QED) is 0.0346. The first-order chi connectivity index (χ1) is 31.6. The lowest BCUT2D eigenvalue weighted by molar-refractivity contribution is -0.163. The van der Waals surface area contributed by atoms with Crippen molar-refractivity contribution in [2.75, 3.05) is 19.8 Å². The van der Waals surface area contributed by atoms with Crippen LogP contribution in [0.3, 0.4) is 0 Å². The minimum absolute atomic E-state index is 0.0689. The molecule has 0 aromatic rings. The molecule has 0 saturated carbocycles. The van der Waals surface area contributed by atoms with Gasteiger partial charge in [0.15, 0.2) is 6.10 Å². The van der Waals surface area contributed by atoms with E-state index in [0.717, 1.165) is 83.5 Å². The molecule has 5 nitrogen and oxygen atoms in total. The summed E-state index contributed by atoms with van der Waals surface area (Å²) in [6.07, 6.45) is 70.5.